The first-order chi connectivity index (χ1) is 5.84. The first kappa shape index (κ1) is 8.32. The van der Waals surface area contributed by atoms with Crippen LogP contribution in [-0.2, 0) is 0 Å². The Balaban J connectivity index is 1.79. The van der Waals surface area contributed by atoms with E-state index in [9.17, 15) is 0 Å². The van der Waals surface area contributed by atoms with Gasteiger partial charge in [-0.15, -0.1) is 11.3 Å². The molecule has 66 valence electrons. The van der Waals surface area contributed by atoms with Crippen LogP contribution in [0.3, 0.4) is 0 Å². The van der Waals surface area contributed by atoms with Gasteiger partial charge in [0.25, 0.3) is 0 Å². The van der Waals surface area contributed by atoms with E-state index in [1.165, 1.54) is 30.6 Å². The highest BCUT2D eigenvalue weighted by molar-refractivity contribution is 7.14. The van der Waals surface area contributed by atoms with Crippen molar-refractivity contribution < 1.29 is 0 Å². The monoisotopic (exact) mass is 202 g/mol. The number of halogens is 1. The van der Waals surface area contributed by atoms with E-state index in [-0.39, 0.29) is 0 Å². The third kappa shape index (κ3) is 1.90. The maximum absolute atomic E-state index is 5.69. The predicted molar refractivity (Wildman–Crippen MR) is 53.0 cm³/mol. The topological polar surface area (TPSA) is 24.9 Å². The summed E-state index contributed by atoms with van der Waals surface area (Å²) in [5.41, 5.74) is 0. The van der Waals surface area contributed by atoms with Gasteiger partial charge in [0.2, 0.25) is 0 Å². The Kier molecular flexibility index (Phi) is 2.51. The summed E-state index contributed by atoms with van der Waals surface area (Å²) >= 11 is 7.16. The standard InChI is InChI=1S/C8H11ClN2S/c9-8-11-7(5-12-8)10-4-6-2-1-3-6/h5-6,10H,1-4H2. The van der Waals surface area contributed by atoms with Gasteiger partial charge < -0.3 is 5.32 Å². The molecule has 1 aliphatic rings. The predicted octanol–water partition coefficient (Wildman–Crippen LogP) is 3.01. The zero-order valence-corrected chi connectivity index (χ0v) is 8.29. The highest BCUT2D eigenvalue weighted by Crippen LogP contribution is 2.27. The first-order valence-corrected chi connectivity index (χ1v) is 5.45. The zero-order chi connectivity index (χ0) is 8.39. The van der Waals surface area contributed by atoms with Crippen molar-refractivity contribution in [3.63, 3.8) is 0 Å². The van der Waals surface area contributed by atoms with Crippen LogP contribution in [0.15, 0.2) is 5.38 Å². The molecule has 1 aliphatic carbocycles. The lowest BCUT2D eigenvalue weighted by Gasteiger charge is -2.25. The van der Waals surface area contributed by atoms with Crippen LogP contribution in [0.1, 0.15) is 19.3 Å². The van der Waals surface area contributed by atoms with E-state index in [1.807, 2.05) is 5.38 Å². The minimum Gasteiger partial charge on any atom is -0.369 e. The van der Waals surface area contributed by atoms with Crippen molar-refractivity contribution >= 4 is 28.8 Å². The smallest absolute Gasteiger partial charge is 0.185 e. The summed E-state index contributed by atoms with van der Waals surface area (Å²) in [5, 5.41) is 5.24. The van der Waals surface area contributed by atoms with E-state index in [2.05, 4.69) is 10.3 Å². The van der Waals surface area contributed by atoms with Gasteiger partial charge in [0.1, 0.15) is 5.82 Å². The third-order valence-electron chi connectivity index (χ3n) is 2.27. The van der Waals surface area contributed by atoms with Crippen LogP contribution in [0.4, 0.5) is 5.82 Å². The fourth-order valence-electron chi connectivity index (χ4n) is 1.28. The number of nitrogens with one attached hydrogen (secondary N) is 1. The summed E-state index contributed by atoms with van der Waals surface area (Å²) in [6.45, 7) is 1.06. The Hall–Kier alpha value is -0.280. The maximum Gasteiger partial charge on any atom is 0.185 e. The van der Waals surface area contributed by atoms with Gasteiger partial charge in [-0.3, -0.25) is 0 Å². The molecule has 0 amide bonds. The molecule has 1 saturated carbocycles. The lowest BCUT2D eigenvalue weighted by Crippen LogP contribution is -2.20. The van der Waals surface area contributed by atoms with Crippen LogP contribution >= 0.6 is 22.9 Å². The quantitative estimate of drug-likeness (QED) is 0.815. The summed E-state index contributed by atoms with van der Waals surface area (Å²) < 4.78 is 0.617. The second-order valence-electron chi connectivity index (χ2n) is 3.16. The second-order valence-corrected chi connectivity index (χ2v) is 4.60. The minimum atomic E-state index is 0.617. The van der Waals surface area contributed by atoms with E-state index in [1.54, 1.807) is 0 Å². The van der Waals surface area contributed by atoms with Gasteiger partial charge in [-0.05, 0) is 18.8 Å². The van der Waals surface area contributed by atoms with Crippen molar-refractivity contribution in [2.24, 2.45) is 5.92 Å². The molecule has 1 aromatic rings. The van der Waals surface area contributed by atoms with Crippen LogP contribution < -0.4 is 5.32 Å². The second kappa shape index (κ2) is 3.62. The zero-order valence-electron chi connectivity index (χ0n) is 6.72. The maximum atomic E-state index is 5.69. The molecule has 2 nitrogen and oxygen atoms in total. The lowest BCUT2D eigenvalue weighted by molar-refractivity contribution is 0.333. The van der Waals surface area contributed by atoms with E-state index < -0.39 is 0 Å². The molecular formula is C8H11ClN2S. The van der Waals surface area contributed by atoms with Gasteiger partial charge in [0, 0.05) is 11.9 Å². The molecule has 0 aliphatic heterocycles. The largest absolute Gasteiger partial charge is 0.369 e. The third-order valence-corrected chi connectivity index (χ3v) is 3.25. The molecular weight excluding hydrogens is 192 g/mol. The summed E-state index contributed by atoms with van der Waals surface area (Å²) in [6, 6.07) is 0. The summed E-state index contributed by atoms with van der Waals surface area (Å²) in [7, 11) is 0. The fraction of sp³-hybridized carbons (Fsp3) is 0.625. The van der Waals surface area contributed by atoms with E-state index in [0.29, 0.717) is 4.47 Å². The van der Waals surface area contributed by atoms with Crippen molar-refractivity contribution in [3.8, 4) is 0 Å². The average Bonchev–Trinajstić information content (AvgIpc) is 2.32. The molecule has 12 heavy (non-hydrogen) atoms. The normalized spacial score (nSPS) is 17.4. The Bertz CT molecular complexity index is 257. The molecule has 0 aromatic carbocycles. The van der Waals surface area contributed by atoms with E-state index in [0.717, 1.165) is 18.3 Å². The number of thiazole rings is 1. The number of aromatic nitrogens is 1. The lowest BCUT2D eigenvalue weighted by atomic mass is 9.85. The Morgan fingerprint density at radius 3 is 3.00 bits per heavy atom. The molecule has 1 N–H and O–H groups in total. The van der Waals surface area contributed by atoms with Gasteiger partial charge in [-0.1, -0.05) is 18.0 Å². The van der Waals surface area contributed by atoms with Crippen LogP contribution in [0.5, 0.6) is 0 Å². The first-order valence-electron chi connectivity index (χ1n) is 4.19. The molecule has 1 heterocycles. The van der Waals surface area contributed by atoms with Gasteiger partial charge in [-0.2, -0.15) is 0 Å². The molecule has 0 bridgehead atoms. The van der Waals surface area contributed by atoms with Crippen molar-refractivity contribution in [1.29, 1.82) is 0 Å². The highest BCUT2D eigenvalue weighted by Gasteiger charge is 2.16. The summed E-state index contributed by atoms with van der Waals surface area (Å²) in [4.78, 5) is 4.11. The molecule has 0 saturated heterocycles. The van der Waals surface area contributed by atoms with Crippen LogP contribution in [0.2, 0.25) is 4.47 Å². The van der Waals surface area contributed by atoms with Gasteiger partial charge in [0.05, 0.1) is 0 Å². The number of anilines is 1. The van der Waals surface area contributed by atoms with Gasteiger partial charge in [-0.25, -0.2) is 4.98 Å². The molecule has 0 spiro atoms. The highest BCUT2D eigenvalue weighted by atomic mass is 35.5. The van der Waals surface area contributed by atoms with Crippen molar-refractivity contribution in [1.82, 2.24) is 4.98 Å². The van der Waals surface area contributed by atoms with Crippen LogP contribution in [0.25, 0.3) is 0 Å². The molecule has 1 aromatic heterocycles. The van der Waals surface area contributed by atoms with Crippen molar-refractivity contribution in [2.45, 2.75) is 19.3 Å². The molecule has 0 atom stereocenters. The van der Waals surface area contributed by atoms with Gasteiger partial charge in [0.15, 0.2) is 4.47 Å². The Labute approximate surface area is 81.0 Å². The number of hydrogen-bond acceptors (Lipinski definition) is 3. The van der Waals surface area contributed by atoms with Crippen molar-refractivity contribution in [2.75, 3.05) is 11.9 Å². The Morgan fingerprint density at radius 2 is 2.50 bits per heavy atom. The number of nitrogens with zero attached hydrogens (tertiary/aromatic N) is 1. The van der Waals surface area contributed by atoms with Gasteiger partial charge >= 0.3 is 0 Å². The van der Waals surface area contributed by atoms with E-state index >= 15 is 0 Å². The fourth-order valence-corrected chi connectivity index (χ4v) is 2.00. The van der Waals surface area contributed by atoms with E-state index in [4.69, 9.17) is 11.6 Å². The number of rotatable bonds is 3. The summed E-state index contributed by atoms with van der Waals surface area (Å²) in [5.74, 6) is 1.79. The molecule has 0 radical (unpaired) electrons. The summed E-state index contributed by atoms with van der Waals surface area (Å²) in [6.07, 6.45) is 4.12. The van der Waals surface area contributed by atoms with Crippen LogP contribution in [-0.4, -0.2) is 11.5 Å². The van der Waals surface area contributed by atoms with Crippen molar-refractivity contribution in [3.05, 3.63) is 9.85 Å². The molecule has 1 fully saturated rings. The average molecular weight is 203 g/mol. The molecule has 4 heteroatoms. The Morgan fingerprint density at radius 1 is 1.67 bits per heavy atom. The van der Waals surface area contributed by atoms with Crippen LogP contribution in [0, 0.1) is 5.92 Å². The number of hydrogen-bond donors (Lipinski definition) is 1. The SMILES string of the molecule is Clc1nc(NCC2CCC2)cs1. The minimum absolute atomic E-state index is 0.617. The molecule has 0 unspecified atom stereocenters. The molecule has 2 rings (SSSR count).